The first kappa shape index (κ1) is 11.2. The molecule has 0 fully saturated rings. The molecule has 0 radical (unpaired) electrons. The van der Waals surface area contributed by atoms with Crippen LogP contribution in [0.3, 0.4) is 0 Å². The van der Waals surface area contributed by atoms with Crippen molar-refractivity contribution in [3.8, 4) is 5.88 Å². The van der Waals surface area contributed by atoms with Gasteiger partial charge in [0.05, 0.1) is 5.02 Å². The molecule has 16 heavy (non-hydrogen) atoms. The number of hydrogen-bond donors (Lipinski definition) is 0. The average molecular weight is 254 g/mol. The van der Waals surface area contributed by atoms with E-state index in [-0.39, 0.29) is 0 Å². The Balaban J connectivity index is 1.97. The SMILES string of the molecule is Clc1ccc(COc2ccc(Cl)cn2)cc1. The van der Waals surface area contributed by atoms with Crippen molar-refractivity contribution >= 4 is 23.2 Å². The van der Waals surface area contributed by atoms with Gasteiger partial charge in [-0.1, -0.05) is 35.3 Å². The summed E-state index contributed by atoms with van der Waals surface area (Å²) < 4.78 is 5.47. The van der Waals surface area contributed by atoms with Crippen molar-refractivity contribution in [2.75, 3.05) is 0 Å². The van der Waals surface area contributed by atoms with Crippen LogP contribution in [0.25, 0.3) is 0 Å². The molecule has 4 heteroatoms. The lowest BCUT2D eigenvalue weighted by molar-refractivity contribution is 0.294. The summed E-state index contributed by atoms with van der Waals surface area (Å²) in [5.74, 6) is 0.555. The molecule has 0 aliphatic rings. The van der Waals surface area contributed by atoms with Gasteiger partial charge in [-0.05, 0) is 23.8 Å². The molecule has 1 aromatic heterocycles. The summed E-state index contributed by atoms with van der Waals surface area (Å²) in [7, 11) is 0. The molecule has 0 bridgehead atoms. The van der Waals surface area contributed by atoms with Crippen molar-refractivity contribution in [3.63, 3.8) is 0 Å². The Morgan fingerprint density at radius 3 is 2.25 bits per heavy atom. The second-order valence-electron chi connectivity index (χ2n) is 3.23. The third-order valence-corrected chi connectivity index (χ3v) is 2.48. The first-order chi connectivity index (χ1) is 7.74. The molecule has 2 aromatic rings. The van der Waals surface area contributed by atoms with Crippen LogP contribution in [0, 0.1) is 0 Å². The van der Waals surface area contributed by atoms with Crippen LogP contribution in [0.15, 0.2) is 42.6 Å². The highest BCUT2D eigenvalue weighted by Crippen LogP contribution is 2.14. The van der Waals surface area contributed by atoms with E-state index in [1.165, 1.54) is 0 Å². The van der Waals surface area contributed by atoms with Crippen LogP contribution in [-0.4, -0.2) is 4.98 Å². The van der Waals surface area contributed by atoms with Crippen LogP contribution in [0.1, 0.15) is 5.56 Å². The van der Waals surface area contributed by atoms with Gasteiger partial charge < -0.3 is 4.74 Å². The lowest BCUT2D eigenvalue weighted by Crippen LogP contribution is -1.96. The molecule has 82 valence electrons. The summed E-state index contributed by atoms with van der Waals surface area (Å²) in [4.78, 5) is 4.03. The van der Waals surface area contributed by atoms with E-state index in [4.69, 9.17) is 27.9 Å². The first-order valence-electron chi connectivity index (χ1n) is 4.73. The van der Waals surface area contributed by atoms with Gasteiger partial charge in [0.1, 0.15) is 6.61 Å². The van der Waals surface area contributed by atoms with E-state index in [9.17, 15) is 0 Å². The van der Waals surface area contributed by atoms with Gasteiger partial charge in [0.25, 0.3) is 0 Å². The third kappa shape index (κ3) is 3.12. The summed E-state index contributed by atoms with van der Waals surface area (Å²) in [5, 5.41) is 1.31. The van der Waals surface area contributed by atoms with E-state index in [0.717, 1.165) is 5.56 Å². The standard InChI is InChI=1S/C12H9Cl2NO/c13-10-3-1-9(2-4-10)8-16-12-6-5-11(14)7-15-12/h1-7H,8H2. The Hall–Kier alpha value is -1.25. The van der Waals surface area contributed by atoms with Crippen LogP contribution in [-0.2, 0) is 6.61 Å². The molecule has 0 saturated heterocycles. The zero-order valence-electron chi connectivity index (χ0n) is 8.36. The number of rotatable bonds is 3. The van der Waals surface area contributed by atoms with E-state index < -0.39 is 0 Å². The van der Waals surface area contributed by atoms with Gasteiger partial charge in [0.15, 0.2) is 0 Å². The van der Waals surface area contributed by atoms with Gasteiger partial charge in [-0.25, -0.2) is 4.98 Å². The minimum absolute atomic E-state index is 0.464. The highest BCUT2D eigenvalue weighted by Gasteiger charge is 1.97. The maximum atomic E-state index is 5.78. The molecule has 0 N–H and O–H groups in total. The Morgan fingerprint density at radius 2 is 1.62 bits per heavy atom. The Bertz CT molecular complexity index is 408. The van der Waals surface area contributed by atoms with Gasteiger partial charge in [0, 0.05) is 17.3 Å². The van der Waals surface area contributed by atoms with Crippen molar-refractivity contribution < 1.29 is 4.74 Å². The molecule has 0 spiro atoms. The van der Waals surface area contributed by atoms with E-state index in [1.54, 1.807) is 18.3 Å². The zero-order valence-corrected chi connectivity index (χ0v) is 9.87. The largest absolute Gasteiger partial charge is 0.473 e. The van der Waals surface area contributed by atoms with Gasteiger partial charge in [0.2, 0.25) is 5.88 Å². The Morgan fingerprint density at radius 1 is 0.938 bits per heavy atom. The van der Waals surface area contributed by atoms with Crippen LogP contribution in [0.2, 0.25) is 10.0 Å². The molecule has 1 aromatic carbocycles. The summed E-state index contributed by atoms with van der Waals surface area (Å²) >= 11 is 11.5. The lowest BCUT2D eigenvalue weighted by atomic mass is 10.2. The van der Waals surface area contributed by atoms with Crippen molar-refractivity contribution in [1.29, 1.82) is 0 Å². The maximum Gasteiger partial charge on any atom is 0.213 e. The minimum atomic E-state index is 0.464. The lowest BCUT2D eigenvalue weighted by Gasteiger charge is -2.05. The maximum absolute atomic E-state index is 5.78. The molecule has 0 unspecified atom stereocenters. The monoisotopic (exact) mass is 253 g/mol. The fraction of sp³-hybridized carbons (Fsp3) is 0.0833. The number of nitrogens with zero attached hydrogens (tertiary/aromatic N) is 1. The van der Waals surface area contributed by atoms with Crippen LogP contribution < -0.4 is 4.74 Å². The number of pyridine rings is 1. The number of aromatic nitrogens is 1. The smallest absolute Gasteiger partial charge is 0.213 e. The topological polar surface area (TPSA) is 22.1 Å². The molecule has 1 heterocycles. The minimum Gasteiger partial charge on any atom is -0.473 e. The molecule has 2 rings (SSSR count). The number of halogens is 2. The van der Waals surface area contributed by atoms with Crippen LogP contribution >= 0.6 is 23.2 Å². The molecule has 0 saturated carbocycles. The number of ether oxygens (including phenoxy) is 1. The quantitative estimate of drug-likeness (QED) is 0.826. The van der Waals surface area contributed by atoms with Crippen molar-refractivity contribution in [2.45, 2.75) is 6.61 Å². The van der Waals surface area contributed by atoms with E-state index in [0.29, 0.717) is 22.5 Å². The number of benzene rings is 1. The summed E-state index contributed by atoms with van der Waals surface area (Å²) in [6.45, 7) is 0.464. The normalized spacial score (nSPS) is 10.1. The fourth-order valence-electron chi connectivity index (χ4n) is 1.19. The van der Waals surface area contributed by atoms with Crippen LogP contribution in [0.4, 0.5) is 0 Å². The second-order valence-corrected chi connectivity index (χ2v) is 4.10. The molecule has 0 aliphatic heterocycles. The van der Waals surface area contributed by atoms with Gasteiger partial charge in [-0.3, -0.25) is 0 Å². The van der Waals surface area contributed by atoms with E-state index in [2.05, 4.69) is 4.98 Å². The molecule has 0 atom stereocenters. The van der Waals surface area contributed by atoms with E-state index >= 15 is 0 Å². The van der Waals surface area contributed by atoms with E-state index in [1.807, 2.05) is 24.3 Å². The van der Waals surface area contributed by atoms with Crippen molar-refractivity contribution in [1.82, 2.24) is 4.98 Å². The average Bonchev–Trinajstić information content (AvgIpc) is 2.30. The first-order valence-corrected chi connectivity index (χ1v) is 5.48. The third-order valence-electron chi connectivity index (χ3n) is 2.00. The Labute approximate surface area is 104 Å². The van der Waals surface area contributed by atoms with Gasteiger partial charge >= 0.3 is 0 Å². The fourth-order valence-corrected chi connectivity index (χ4v) is 1.42. The highest BCUT2D eigenvalue weighted by molar-refractivity contribution is 6.30. The second kappa shape index (κ2) is 5.19. The van der Waals surface area contributed by atoms with Gasteiger partial charge in [-0.15, -0.1) is 0 Å². The summed E-state index contributed by atoms with van der Waals surface area (Å²) in [6.07, 6.45) is 1.55. The number of hydrogen-bond acceptors (Lipinski definition) is 2. The molecular formula is C12H9Cl2NO. The van der Waals surface area contributed by atoms with Crippen molar-refractivity contribution in [2.24, 2.45) is 0 Å². The molecule has 0 amide bonds. The molecular weight excluding hydrogens is 245 g/mol. The summed E-state index contributed by atoms with van der Waals surface area (Å²) in [6, 6.07) is 11.0. The van der Waals surface area contributed by atoms with Crippen molar-refractivity contribution in [3.05, 3.63) is 58.2 Å². The van der Waals surface area contributed by atoms with Crippen LogP contribution in [0.5, 0.6) is 5.88 Å². The zero-order chi connectivity index (χ0) is 11.4. The summed E-state index contributed by atoms with van der Waals surface area (Å²) in [5.41, 5.74) is 1.04. The van der Waals surface area contributed by atoms with Gasteiger partial charge in [-0.2, -0.15) is 0 Å². The molecule has 2 nitrogen and oxygen atoms in total. The Kier molecular flexibility index (Phi) is 3.65. The predicted octanol–water partition coefficient (Wildman–Crippen LogP) is 3.97. The predicted molar refractivity (Wildman–Crippen MR) is 65.0 cm³/mol. The molecule has 0 aliphatic carbocycles. The highest BCUT2D eigenvalue weighted by atomic mass is 35.5.